The lowest BCUT2D eigenvalue weighted by molar-refractivity contribution is -0.132. The SMILES string of the molecule is C=CC(=O)N1C(C)CCCC1CC#N. The van der Waals surface area contributed by atoms with Crippen molar-refractivity contribution in [2.75, 3.05) is 0 Å². The van der Waals surface area contributed by atoms with E-state index in [1.807, 2.05) is 6.92 Å². The van der Waals surface area contributed by atoms with E-state index >= 15 is 0 Å². The van der Waals surface area contributed by atoms with Crippen LogP contribution in [-0.2, 0) is 4.79 Å². The maximum atomic E-state index is 11.6. The van der Waals surface area contributed by atoms with Gasteiger partial charge in [-0.2, -0.15) is 5.26 Å². The number of nitriles is 1. The van der Waals surface area contributed by atoms with Crippen LogP contribution in [0.5, 0.6) is 0 Å². The first-order chi connectivity index (χ1) is 6.70. The highest BCUT2D eigenvalue weighted by atomic mass is 16.2. The third kappa shape index (κ3) is 2.14. The summed E-state index contributed by atoms with van der Waals surface area (Å²) in [6.45, 7) is 5.52. The Morgan fingerprint density at radius 1 is 1.71 bits per heavy atom. The van der Waals surface area contributed by atoms with Gasteiger partial charge >= 0.3 is 0 Å². The predicted octanol–water partition coefficient (Wildman–Crippen LogP) is 1.86. The molecule has 2 atom stereocenters. The summed E-state index contributed by atoms with van der Waals surface area (Å²) in [7, 11) is 0. The van der Waals surface area contributed by atoms with Crippen LogP contribution in [0.15, 0.2) is 12.7 Å². The number of carbonyl (C=O) groups excluding carboxylic acids is 1. The van der Waals surface area contributed by atoms with Crippen LogP contribution in [-0.4, -0.2) is 22.9 Å². The summed E-state index contributed by atoms with van der Waals surface area (Å²) < 4.78 is 0. The highest BCUT2D eigenvalue weighted by Crippen LogP contribution is 2.24. The summed E-state index contributed by atoms with van der Waals surface area (Å²) in [6, 6.07) is 2.47. The molecule has 1 fully saturated rings. The molecule has 1 amide bonds. The smallest absolute Gasteiger partial charge is 0.246 e. The Morgan fingerprint density at radius 2 is 2.43 bits per heavy atom. The average molecular weight is 192 g/mol. The van der Waals surface area contributed by atoms with Gasteiger partial charge < -0.3 is 4.90 Å². The van der Waals surface area contributed by atoms with Crippen molar-refractivity contribution in [1.82, 2.24) is 4.90 Å². The number of nitrogens with zero attached hydrogens (tertiary/aromatic N) is 2. The number of carbonyl (C=O) groups is 1. The van der Waals surface area contributed by atoms with Gasteiger partial charge in [-0.05, 0) is 32.3 Å². The zero-order chi connectivity index (χ0) is 10.6. The normalized spacial score (nSPS) is 26.7. The first kappa shape index (κ1) is 10.8. The van der Waals surface area contributed by atoms with Crippen LogP contribution >= 0.6 is 0 Å². The lowest BCUT2D eigenvalue weighted by Gasteiger charge is -2.39. The average Bonchev–Trinajstić information content (AvgIpc) is 2.18. The summed E-state index contributed by atoms with van der Waals surface area (Å²) in [6.07, 6.45) is 4.85. The summed E-state index contributed by atoms with van der Waals surface area (Å²) in [5.41, 5.74) is 0. The van der Waals surface area contributed by atoms with E-state index < -0.39 is 0 Å². The number of amides is 1. The molecule has 3 nitrogen and oxygen atoms in total. The van der Waals surface area contributed by atoms with E-state index in [1.54, 1.807) is 4.90 Å². The Morgan fingerprint density at radius 3 is 3.00 bits per heavy atom. The van der Waals surface area contributed by atoms with Crippen molar-refractivity contribution in [3.8, 4) is 6.07 Å². The zero-order valence-corrected chi connectivity index (χ0v) is 8.57. The number of likely N-dealkylation sites (tertiary alicyclic amines) is 1. The lowest BCUT2D eigenvalue weighted by Crippen LogP contribution is -2.48. The molecule has 0 aromatic heterocycles. The summed E-state index contributed by atoms with van der Waals surface area (Å²) >= 11 is 0. The van der Waals surface area contributed by atoms with Crippen molar-refractivity contribution in [3.05, 3.63) is 12.7 Å². The minimum atomic E-state index is -0.0440. The highest BCUT2D eigenvalue weighted by molar-refractivity contribution is 5.87. The van der Waals surface area contributed by atoms with E-state index in [4.69, 9.17) is 5.26 Å². The van der Waals surface area contributed by atoms with Crippen molar-refractivity contribution in [3.63, 3.8) is 0 Å². The Bertz CT molecular complexity index is 267. The van der Waals surface area contributed by atoms with Gasteiger partial charge in [0.05, 0.1) is 12.5 Å². The monoisotopic (exact) mass is 192 g/mol. The van der Waals surface area contributed by atoms with Gasteiger partial charge in [0.2, 0.25) is 5.91 Å². The molecule has 1 aliphatic rings. The van der Waals surface area contributed by atoms with Crippen LogP contribution in [0.2, 0.25) is 0 Å². The van der Waals surface area contributed by atoms with E-state index in [1.165, 1.54) is 6.08 Å². The number of rotatable bonds is 2. The minimum Gasteiger partial charge on any atom is -0.332 e. The largest absolute Gasteiger partial charge is 0.332 e. The van der Waals surface area contributed by atoms with Crippen LogP contribution < -0.4 is 0 Å². The number of hydrogen-bond acceptors (Lipinski definition) is 2. The molecule has 0 aromatic carbocycles. The van der Waals surface area contributed by atoms with E-state index in [-0.39, 0.29) is 18.0 Å². The lowest BCUT2D eigenvalue weighted by atomic mass is 9.94. The molecule has 0 aliphatic carbocycles. The second kappa shape index (κ2) is 4.80. The van der Waals surface area contributed by atoms with Gasteiger partial charge in [-0.3, -0.25) is 4.79 Å². The molecule has 1 rings (SSSR count). The van der Waals surface area contributed by atoms with E-state index in [0.29, 0.717) is 6.42 Å². The third-order valence-electron chi connectivity index (χ3n) is 2.78. The number of piperidine rings is 1. The molecule has 1 aliphatic heterocycles. The maximum Gasteiger partial charge on any atom is 0.246 e. The summed E-state index contributed by atoms with van der Waals surface area (Å²) in [5.74, 6) is -0.0440. The Kier molecular flexibility index (Phi) is 3.70. The summed E-state index contributed by atoms with van der Waals surface area (Å²) in [5, 5.41) is 8.66. The van der Waals surface area contributed by atoms with Crippen molar-refractivity contribution in [1.29, 1.82) is 5.26 Å². The van der Waals surface area contributed by atoms with Gasteiger partial charge in [-0.1, -0.05) is 6.58 Å². The standard InChI is InChI=1S/C11H16N2O/c1-3-11(14)13-9(2)5-4-6-10(13)7-8-12/h3,9-10H,1,4-7H2,2H3. The minimum absolute atomic E-state index is 0.0440. The van der Waals surface area contributed by atoms with Crippen molar-refractivity contribution >= 4 is 5.91 Å². The molecule has 0 bridgehead atoms. The Labute approximate surface area is 85.0 Å². The second-order valence-electron chi connectivity index (χ2n) is 3.75. The fourth-order valence-electron chi connectivity index (χ4n) is 2.10. The number of hydrogen-bond donors (Lipinski definition) is 0. The van der Waals surface area contributed by atoms with Gasteiger partial charge in [0.1, 0.15) is 0 Å². The van der Waals surface area contributed by atoms with Crippen LogP contribution in [0.1, 0.15) is 32.6 Å². The van der Waals surface area contributed by atoms with E-state index in [0.717, 1.165) is 19.3 Å². The quantitative estimate of drug-likeness (QED) is 0.627. The van der Waals surface area contributed by atoms with Crippen LogP contribution in [0, 0.1) is 11.3 Å². The highest BCUT2D eigenvalue weighted by Gasteiger charge is 2.29. The molecular weight excluding hydrogens is 176 g/mol. The van der Waals surface area contributed by atoms with Crippen LogP contribution in [0.25, 0.3) is 0 Å². The molecule has 0 aromatic rings. The van der Waals surface area contributed by atoms with Gasteiger partial charge in [-0.25, -0.2) is 0 Å². The fourth-order valence-corrected chi connectivity index (χ4v) is 2.10. The Hall–Kier alpha value is -1.30. The second-order valence-corrected chi connectivity index (χ2v) is 3.75. The van der Waals surface area contributed by atoms with Crippen molar-refractivity contribution in [2.24, 2.45) is 0 Å². The molecule has 1 saturated heterocycles. The molecule has 2 unspecified atom stereocenters. The maximum absolute atomic E-state index is 11.6. The molecular formula is C11H16N2O. The van der Waals surface area contributed by atoms with Crippen LogP contribution in [0.3, 0.4) is 0 Å². The molecule has 3 heteroatoms. The van der Waals surface area contributed by atoms with Crippen LogP contribution in [0.4, 0.5) is 0 Å². The van der Waals surface area contributed by atoms with Gasteiger partial charge in [0.25, 0.3) is 0 Å². The van der Waals surface area contributed by atoms with Gasteiger partial charge in [0, 0.05) is 12.1 Å². The molecule has 1 heterocycles. The molecule has 14 heavy (non-hydrogen) atoms. The third-order valence-corrected chi connectivity index (χ3v) is 2.78. The molecule has 0 saturated carbocycles. The molecule has 0 radical (unpaired) electrons. The fraction of sp³-hybridized carbons (Fsp3) is 0.636. The van der Waals surface area contributed by atoms with E-state index in [9.17, 15) is 4.79 Å². The summed E-state index contributed by atoms with van der Waals surface area (Å²) in [4.78, 5) is 13.4. The van der Waals surface area contributed by atoms with E-state index in [2.05, 4.69) is 12.6 Å². The van der Waals surface area contributed by atoms with Crippen molar-refractivity contribution in [2.45, 2.75) is 44.7 Å². The molecule has 76 valence electrons. The zero-order valence-electron chi connectivity index (χ0n) is 8.57. The molecule has 0 spiro atoms. The van der Waals surface area contributed by atoms with Crippen molar-refractivity contribution < 1.29 is 4.79 Å². The molecule has 0 N–H and O–H groups in total. The first-order valence-electron chi connectivity index (χ1n) is 5.02. The Balaban J connectivity index is 2.76. The first-order valence-corrected chi connectivity index (χ1v) is 5.02. The topological polar surface area (TPSA) is 44.1 Å². The van der Waals surface area contributed by atoms with Gasteiger partial charge in [-0.15, -0.1) is 0 Å². The van der Waals surface area contributed by atoms with Gasteiger partial charge in [0.15, 0.2) is 0 Å². The predicted molar refractivity (Wildman–Crippen MR) is 54.4 cm³/mol.